The highest BCUT2D eigenvalue weighted by atomic mass is 16.1. The molecule has 106 valence electrons. The number of hydrogen-bond acceptors (Lipinski definition) is 2. The van der Waals surface area contributed by atoms with E-state index in [-0.39, 0.29) is 17.4 Å². The van der Waals surface area contributed by atoms with Crippen molar-refractivity contribution in [1.82, 2.24) is 5.32 Å². The van der Waals surface area contributed by atoms with Gasteiger partial charge in [-0.2, -0.15) is 0 Å². The summed E-state index contributed by atoms with van der Waals surface area (Å²) in [7, 11) is 0. The van der Waals surface area contributed by atoms with Crippen molar-refractivity contribution < 1.29 is 4.79 Å². The van der Waals surface area contributed by atoms with Gasteiger partial charge in [-0.25, -0.2) is 0 Å². The number of hydrogen-bond donors (Lipinski definition) is 2. The summed E-state index contributed by atoms with van der Waals surface area (Å²) in [6.45, 7) is 4.72. The van der Waals surface area contributed by atoms with Gasteiger partial charge in [-0.1, -0.05) is 44.2 Å². The van der Waals surface area contributed by atoms with Crippen molar-refractivity contribution in [3.63, 3.8) is 0 Å². The summed E-state index contributed by atoms with van der Waals surface area (Å²) in [6, 6.07) is 7.67. The molecule has 1 atom stereocenters. The van der Waals surface area contributed by atoms with Crippen LogP contribution in [0.5, 0.6) is 0 Å². The average Bonchev–Trinajstić information content (AvgIpc) is 2.76. The monoisotopic (exact) mass is 270 g/mol. The predicted molar refractivity (Wildman–Crippen MR) is 81.3 cm³/mol. The largest absolute Gasteiger partial charge is 0.349 e. The Morgan fingerprint density at radius 2 is 2.20 bits per heavy atom. The van der Waals surface area contributed by atoms with Gasteiger partial charge in [0.1, 0.15) is 0 Å². The lowest BCUT2D eigenvalue weighted by molar-refractivity contribution is 0.0910. The fraction of sp³-hybridized carbons (Fsp3) is 0.471. The van der Waals surface area contributed by atoms with Crippen molar-refractivity contribution in [3.8, 4) is 11.8 Å². The molecule has 0 radical (unpaired) electrons. The van der Waals surface area contributed by atoms with E-state index in [4.69, 9.17) is 5.73 Å². The molecule has 1 unspecified atom stereocenters. The summed E-state index contributed by atoms with van der Waals surface area (Å²) in [4.78, 5) is 12.5. The Morgan fingerprint density at radius 1 is 1.45 bits per heavy atom. The molecule has 1 aromatic carbocycles. The van der Waals surface area contributed by atoms with Crippen molar-refractivity contribution in [3.05, 3.63) is 35.4 Å². The van der Waals surface area contributed by atoms with Crippen LogP contribution in [0.2, 0.25) is 0 Å². The van der Waals surface area contributed by atoms with Crippen LogP contribution >= 0.6 is 0 Å². The Hall–Kier alpha value is -1.79. The minimum atomic E-state index is -0.0353. The Bertz CT molecular complexity index is 552. The van der Waals surface area contributed by atoms with E-state index in [0.717, 1.165) is 18.4 Å². The summed E-state index contributed by atoms with van der Waals surface area (Å²) < 4.78 is 0. The van der Waals surface area contributed by atoms with E-state index in [9.17, 15) is 4.79 Å². The fourth-order valence-corrected chi connectivity index (χ4v) is 2.77. The molecule has 0 aromatic heterocycles. The summed E-state index contributed by atoms with van der Waals surface area (Å²) in [5, 5.41) is 3.16. The molecule has 1 saturated carbocycles. The van der Waals surface area contributed by atoms with Crippen LogP contribution in [0.1, 0.15) is 49.0 Å². The standard InChI is InChI=1S/C17H22N2O/c1-17(2)11-5-10-15(17)19-16(20)14-9-4-3-7-13(14)8-6-12-18/h3-4,7,9,15H,5,10-12,18H2,1-2H3,(H,19,20). The molecule has 2 rings (SSSR count). The third kappa shape index (κ3) is 3.20. The molecule has 0 saturated heterocycles. The van der Waals surface area contributed by atoms with Gasteiger partial charge < -0.3 is 11.1 Å². The summed E-state index contributed by atoms with van der Waals surface area (Å²) in [5.41, 5.74) is 6.95. The number of carbonyl (C=O) groups is 1. The Labute approximate surface area is 120 Å². The Balaban J connectivity index is 2.17. The molecule has 1 aromatic rings. The minimum Gasteiger partial charge on any atom is -0.349 e. The molecular weight excluding hydrogens is 248 g/mol. The van der Waals surface area contributed by atoms with E-state index >= 15 is 0 Å². The molecule has 0 bridgehead atoms. The fourth-order valence-electron chi connectivity index (χ4n) is 2.77. The van der Waals surface area contributed by atoms with Gasteiger partial charge in [-0.15, -0.1) is 0 Å². The van der Waals surface area contributed by atoms with Gasteiger partial charge in [0.2, 0.25) is 0 Å². The van der Waals surface area contributed by atoms with Crippen LogP contribution < -0.4 is 11.1 Å². The second-order valence-electron chi connectivity index (χ2n) is 5.96. The molecule has 20 heavy (non-hydrogen) atoms. The molecule has 1 amide bonds. The molecule has 0 aliphatic heterocycles. The normalized spacial score (nSPS) is 20.1. The third-order valence-electron chi connectivity index (χ3n) is 4.06. The molecule has 1 fully saturated rings. The number of benzene rings is 1. The van der Waals surface area contributed by atoms with Crippen LogP contribution in [0.15, 0.2) is 24.3 Å². The van der Waals surface area contributed by atoms with Crippen molar-refractivity contribution in [2.24, 2.45) is 11.1 Å². The van der Waals surface area contributed by atoms with Gasteiger partial charge in [-0.05, 0) is 30.4 Å². The zero-order chi connectivity index (χ0) is 14.6. The van der Waals surface area contributed by atoms with E-state index in [1.807, 2.05) is 24.3 Å². The second kappa shape index (κ2) is 6.11. The van der Waals surface area contributed by atoms with E-state index < -0.39 is 0 Å². The van der Waals surface area contributed by atoms with Crippen LogP contribution in [-0.2, 0) is 0 Å². The van der Waals surface area contributed by atoms with Gasteiger partial charge in [0.05, 0.1) is 12.1 Å². The van der Waals surface area contributed by atoms with Gasteiger partial charge in [-0.3, -0.25) is 4.79 Å². The summed E-state index contributed by atoms with van der Waals surface area (Å²) in [5.74, 6) is 5.74. The SMILES string of the molecule is CC1(C)CCCC1NC(=O)c1ccccc1C#CCN. The first-order valence-electron chi connectivity index (χ1n) is 7.13. The molecule has 3 nitrogen and oxygen atoms in total. The molecule has 3 N–H and O–H groups in total. The quantitative estimate of drug-likeness (QED) is 0.810. The highest BCUT2D eigenvalue weighted by molar-refractivity contribution is 5.97. The highest BCUT2D eigenvalue weighted by Gasteiger charge is 2.35. The number of amides is 1. The zero-order valence-corrected chi connectivity index (χ0v) is 12.2. The van der Waals surface area contributed by atoms with Crippen LogP contribution in [0.25, 0.3) is 0 Å². The summed E-state index contributed by atoms with van der Waals surface area (Å²) >= 11 is 0. The van der Waals surface area contributed by atoms with E-state index in [0.29, 0.717) is 12.1 Å². The number of rotatable bonds is 2. The molecular formula is C17H22N2O. The first kappa shape index (κ1) is 14.6. The smallest absolute Gasteiger partial charge is 0.252 e. The Morgan fingerprint density at radius 3 is 2.85 bits per heavy atom. The van der Waals surface area contributed by atoms with Crippen LogP contribution in [-0.4, -0.2) is 18.5 Å². The lowest BCUT2D eigenvalue weighted by Gasteiger charge is -2.28. The average molecular weight is 270 g/mol. The van der Waals surface area contributed by atoms with Gasteiger partial charge in [0, 0.05) is 11.6 Å². The van der Waals surface area contributed by atoms with E-state index in [1.165, 1.54) is 6.42 Å². The van der Waals surface area contributed by atoms with E-state index in [2.05, 4.69) is 31.0 Å². The van der Waals surface area contributed by atoms with Crippen LogP contribution in [0.4, 0.5) is 0 Å². The van der Waals surface area contributed by atoms with Gasteiger partial charge in [0.25, 0.3) is 5.91 Å². The van der Waals surface area contributed by atoms with E-state index in [1.54, 1.807) is 0 Å². The van der Waals surface area contributed by atoms with Crippen molar-refractivity contribution in [2.75, 3.05) is 6.54 Å². The first-order valence-corrected chi connectivity index (χ1v) is 7.13. The van der Waals surface area contributed by atoms with Gasteiger partial charge >= 0.3 is 0 Å². The first-order chi connectivity index (χ1) is 9.54. The van der Waals surface area contributed by atoms with Crippen molar-refractivity contribution in [2.45, 2.75) is 39.2 Å². The third-order valence-corrected chi connectivity index (χ3v) is 4.06. The van der Waals surface area contributed by atoms with Crippen molar-refractivity contribution in [1.29, 1.82) is 0 Å². The maximum atomic E-state index is 12.5. The minimum absolute atomic E-state index is 0.0353. The van der Waals surface area contributed by atoms with Crippen LogP contribution in [0, 0.1) is 17.3 Å². The van der Waals surface area contributed by atoms with Crippen molar-refractivity contribution >= 4 is 5.91 Å². The summed E-state index contributed by atoms with van der Waals surface area (Å²) in [6.07, 6.45) is 3.38. The second-order valence-corrected chi connectivity index (χ2v) is 5.96. The number of nitrogens with two attached hydrogens (primary N) is 1. The predicted octanol–water partition coefficient (Wildman–Crippen LogP) is 2.31. The molecule has 1 aliphatic rings. The Kier molecular flexibility index (Phi) is 4.46. The highest BCUT2D eigenvalue weighted by Crippen LogP contribution is 2.37. The van der Waals surface area contributed by atoms with Crippen LogP contribution in [0.3, 0.4) is 0 Å². The molecule has 0 heterocycles. The number of nitrogens with one attached hydrogen (secondary N) is 1. The lowest BCUT2D eigenvalue weighted by Crippen LogP contribution is -2.41. The maximum absolute atomic E-state index is 12.5. The molecule has 3 heteroatoms. The maximum Gasteiger partial charge on any atom is 0.252 e. The lowest BCUT2D eigenvalue weighted by atomic mass is 9.87. The zero-order valence-electron chi connectivity index (χ0n) is 12.2. The molecule has 0 spiro atoms. The number of carbonyl (C=O) groups excluding carboxylic acids is 1. The topological polar surface area (TPSA) is 55.1 Å². The molecule has 1 aliphatic carbocycles. The van der Waals surface area contributed by atoms with Gasteiger partial charge in [0.15, 0.2) is 0 Å².